The molecule has 0 unspecified atom stereocenters. The van der Waals surface area contributed by atoms with E-state index < -0.39 is 0 Å². The van der Waals surface area contributed by atoms with E-state index in [1.807, 2.05) is 24.3 Å². The summed E-state index contributed by atoms with van der Waals surface area (Å²) in [6, 6.07) is 43.8. The Hall–Kier alpha value is -5.28. The Labute approximate surface area is 289 Å². The van der Waals surface area contributed by atoms with Crippen molar-refractivity contribution < 1.29 is 5.11 Å². The van der Waals surface area contributed by atoms with Crippen molar-refractivity contribution in [3.05, 3.63) is 138 Å². The first kappa shape index (κ1) is 31.0. The first-order chi connectivity index (χ1) is 24.0. The molecule has 49 heavy (non-hydrogen) atoms. The highest BCUT2D eigenvalue weighted by Gasteiger charge is 2.18. The molecule has 0 radical (unpaired) electrons. The van der Waals surface area contributed by atoms with Gasteiger partial charge in [0.2, 0.25) is 0 Å². The monoisotopic (exact) mass is 640 g/mol. The fourth-order valence-electron chi connectivity index (χ4n) is 7.86. The molecule has 0 spiro atoms. The maximum absolute atomic E-state index is 11.0. The van der Waals surface area contributed by atoms with Crippen LogP contribution >= 0.6 is 0 Å². The van der Waals surface area contributed by atoms with Crippen LogP contribution in [0.2, 0.25) is 0 Å². The zero-order valence-corrected chi connectivity index (χ0v) is 28.8. The minimum Gasteiger partial charge on any atom is -0.507 e. The number of hydrogen-bond acceptors (Lipinski definition) is 1. The van der Waals surface area contributed by atoms with E-state index in [9.17, 15) is 5.11 Å². The Morgan fingerprint density at radius 1 is 0.490 bits per heavy atom. The molecule has 0 bridgehead atoms. The Morgan fingerprint density at radius 2 is 1.10 bits per heavy atom. The SMILES string of the molecule is CCCCCCCCc1ccc2c(c1)c1cc(C)ccc1n2-c1ccc2c(c1)c1ccccc1n2-c1ccc(O)c(-c2ccccc2C)c1. The summed E-state index contributed by atoms with van der Waals surface area (Å²) in [5.74, 6) is 0.290. The second-order valence-corrected chi connectivity index (χ2v) is 13.8. The summed E-state index contributed by atoms with van der Waals surface area (Å²) < 4.78 is 4.78. The lowest BCUT2D eigenvalue weighted by molar-refractivity contribution is 0.477. The van der Waals surface area contributed by atoms with Crippen LogP contribution in [-0.2, 0) is 6.42 Å². The Balaban J connectivity index is 1.26. The molecule has 0 amide bonds. The highest BCUT2D eigenvalue weighted by molar-refractivity contribution is 6.12. The van der Waals surface area contributed by atoms with Crippen molar-refractivity contribution in [2.45, 2.75) is 65.7 Å². The molecule has 2 heterocycles. The van der Waals surface area contributed by atoms with Gasteiger partial charge in [0.1, 0.15) is 5.75 Å². The second-order valence-electron chi connectivity index (χ2n) is 13.8. The van der Waals surface area contributed by atoms with E-state index in [1.54, 1.807) is 0 Å². The predicted molar refractivity (Wildman–Crippen MR) is 209 cm³/mol. The van der Waals surface area contributed by atoms with Crippen molar-refractivity contribution in [3.8, 4) is 28.3 Å². The molecule has 0 atom stereocenters. The van der Waals surface area contributed by atoms with Gasteiger partial charge >= 0.3 is 0 Å². The lowest BCUT2D eigenvalue weighted by Crippen LogP contribution is -1.97. The molecule has 3 heteroatoms. The number of aromatic hydroxyl groups is 1. The number of rotatable bonds is 10. The number of benzene rings is 6. The van der Waals surface area contributed by atoms with E-state index in [1.165, 1.54) is 82.2 Å². The summed E-state index contributed by atoms with van der Waals surface area (Å²) in [7, 11) is 0. The molecular formula is C46H44N2O. The van der Waals surface area contributed by atoms with Crippen LogP contribution in [0.3, 0.4) is 0 Å². The Kier molecular flexibility index (Phi) is 8.21. The number of aromatic nitrogens is 2. The lowest BCUT2D eigenvalue weighted by atomic mass is 9.99. The molecule has 0 aliphatic carbocycles. The van der Waals surface area contributed by atoms with Crippen molar-refractivity contribution in [3.63, 3.8) is 0 Å². The summed E-state index contributed by atoms with van der Waals surface area (Å²) >= 11 is 0. The Morgan fingerprint density at radius 3 is 1.92 bits per heavy atom. The first-order valence-corrected chi connectivity index (χ1v) is 18.0. The number of phenolic OH excluding ortho intramolecular Hbond substituents is 1. The summed E-state index contributed by atoms with van der Waals surface area (Å²) in [6.45, 7) is 6.57. The van der Waals surface area contributed by atoms with Gasteiger partial charge in [-0.15, -0.1) is 0 Å². The largest absolute Gasteiger partial charge is 0.507 e. The number of aryl methyl sites for hydroxylation is 3. The summed E-state index contributed by atoms with van der Waals surface area (Å²) in [6.07, 6.45) is 9.04. The van der Waals surface area contributed by atoms with Crippen molar-refractivity contribution >= 4 is 43.6 Å². The van der Waals surface area contributed by atoms with Gasteiger partial charge in [-0.2, -0.15) is 0 Å². The molecule has 0 aliphatic rings. The number of hydrogen-bond donors (Lipinski definition) is 1. The average Bonchev–Trinajstić information content (AvgIpc) is 3.62. The van der Waals surface area contributed by atoms with E-state index in [2.05, 4.69) is 127 Å². The fourth-order valence-corrected chi connectivity index (χ4v) is 7.86. The topological polar surface area (TPSA) is 30.1 Å². The van der Waals surface area contributed by atoms with Crippen LogP contribution in [0, 0.1) is 13.8 Å². The molecule has 2 aromatic heterocycles. The highest BCUT2D eigenvalue weighted by Crippen LogP contribution is 2.39. The van der Waals surface area contributed by atoms with E-state index >= 15 is 0 Å². The molecule has 244 valence electrons. The van der Waals surface area contributed by atoms with Gasteiger partial charge in [-0.25, -0.2) is 0 Å². The quantitative estimate of drug-likeness (QED) is 0.148. The van der Waals surface area contributed by atoms with Gasteiger partial charge in [0.25, 0.3) is 0 Å². The molecule has 1 N–H and O–H groups in total. The number of para-hydroxylation sites is 1. The van der Waals surface area contributed by atoms with Crippen LogP contribution in [0.15, 0.2) is 121 Å². The smallest absolute Gasteiger partial charge is 0.123 e. The Bertz CT molecular complexity index is 2480. The molecular weight excluding hydrogens is 597 g/mol. The van der Waals surface area contributed by atoms with Crippen LogP contribution in [-0.4, -0.2) is 14.2 Å². The van der Waals surface area contributed by atoms with Crippen LogP contribution < -0.4 is 0 Å². The standard InChI is InChI=1S/C46H44N2O/c1-4-5-6-7-8-9-15-33-20-24-44-39(28-33)38-27-31(2)19-23-43(38)48(44)34-21-25-45-40(29-34)37-17-12-13-18-42(37)47(45)35-22-26-46(49)41(30-35)36-16-11-10-14-32(36)3/h10-14,16-30,49H,4-9,15H2,1-3H3. The normalized spacial score (nSPS) is 11.8. The average molecular weight is 641 g/mol. The number of unbranched alkanes of at least 4 members (excludes halogenated alkanes) is 5. The molecule has 0 fully saturated rings. The number of phenols is 1. The van der Waals surface area contributed by atoms with Gasteiger partial charge in [0.05, 0.1) is 22.1 Å². The molecule has 8 rings (SSSR count). The maximum Gasteiger partial charge on any atom is 0.123 e. The minimum atomic E-state index is 0.290. The van der Waals surface area contributed by atoms with Crippen LogP contribution in [0.25, 0.3) is 66.1 Å². The molecule has 0 saturated heterocycles. The van der Waals surface area contributed by atoms with Crippen molar-refractivity contribution in [1.82, 2.24) is 9.13 Å². The van der Waals surface area contributed by atoms with Gasteiger partial charge in [0, 0.05) is 38.5 Å². The zero-order chi connectivity index (χ0) is 33.5. The number of nitrogens with zero attached hydrogens (tertiary/aromatic N) is 2. The summed E-state index contributed by atoms with van der Waals surface area (Å²) in [4.78, 5) is 0. The van der Waals surface area contributed by atoms with Crippen LogP contribution in [0.5, 0.6) is 5.75 Å². The second kappa shape index (κ2) is 13.0. The van der Waals surface area contributed by atoms with Gasteiger partial charge in [-0.05, 0) is 110 Å². The minimum absolute atomic E-state index is 0.290. The number of fused-ring (bicyclic) bond motifs is 6. The maximum atomic E-state index is 11.0. The van der Waals surface area contributed by atoms with Gasteiger partial charge < -0.3 is 14.2 Å². The van der Waals surface area contributed by atoms with Gasteiger partial charge in [-0.3, -0.25) is 0 Å². The fraction of sp³-hybridized carbons (Fsp3) is 0.217. The predicted octanol–water partition coefficient (Wildman–Crippen LogP) is 12.8. The summed E-state index contributed by atoms with van der Waals surface area (Å²) in [5, 5.41) is 16.0. The zero-order valence-electron chi connectivity index (χ0n) is 28.8. The molecule has 6 aromatic carbocycles. The van der Waals surface area contributed by atoms with Crippen molar-refractivity contribution in [2.75, 3.05) is 0 Å². The van der Waals surface area contributed by atoms with Gasteiger partial charge in [0.15, 0.2) is 0 Å². The van der Waals surface area contributed by atoms with Crippen LogP contribution in [0.4, 0.5) is 0 Å². The molecule has 0 saturated carbocycles. The lowest BCUT2D eigenvalue weighted by Gasteiger charge is -2.14. The van der Waals surface area contributed by atoms with E-state index in [-0.39, 0.29) is 5.75 Å². The third kappa shape index (κ3) is 5.57. The molecule has 8 aromatic rings. The van der Waals surface area contributed by atoms with E-state index in [0.717, 1.165) is 45.5 Å². The van der Waals surface area contributed by atoms with Crippen molar-refractivity contribution in [2.24, 2.45) is 0 Å². The molecule has 3 nitrogen and oxygen atoms in total. The van der Waals surface area contributed by atoms with Crippen LogP contribution in [0.1, 0.15) is 62.1 Å². The third-order valence-corrected chi connectivity index (χ3v) is 10.4. The third-order valence-electron chi connectivity index (χ3n) is 10.4. The van der Waals surface area contributed by atoms with E-state index in [4.69, 9.17) is 0 Å². The molecule has 0 aliphatic heterocycles. The first-order valence-electron chi connectivity index (χ1n) is 18.0. The van der Waals surface area contributed by atoms with Crippen molar-refractivity contribution in [1.29, 1.82) is 0 Å². The highest BCUT2D eigenvalue weighted by atomic mass is 16.3. The van der Waals surface area contributed by atoms with E-state index in [0.29, 0.717) is 0 Å². The van der Waals surface area contributed by atoms with Gasteiger partial charge in [-0.1, -0.05) is 99.2 Å². The summed E-state index contributed by atoms with van der Waals surface area (Å²) in [5.41, 5.74) is 12.7.